The third-order valence-electron chi connectivity index (χ3n) is 2.88. The van der Waals surface area contributed by atoms with Crippen LogP contribution in [0.5, 0.6) is 0 Å². The van der Waals surface area contributed by atoms with Gasteiger partial charge in [0, 0.05) is 0 Å². The summed E-state index contributed by atoms with van der Waals surface area (Å²) in [4.78, 5) is 27.0. The molecule has 21 heavy (non-hydrogen) atoms. The van der Waals surface area contributed by atoms with Gasteiger partial charge in [-0.3, -0.25) is 9.78 Å². The molecule has 1 aromatic heterocycles. The van der Waals surface area contributed by atoms with Crippen molar-refractivity contribution >= 4 is 46.4 Å². The van der Waals surface area contributed by atoms with E-state index in [0.29, 0.717) is 18.4 Å². The number of halogens is 4. The van der Waals surface area contributed by atoms with Crippen molar-refractivity contribution in [3.05, 3.63) is 58.8 Å². The van der Waals surface area contributed by atoms with Crippen molar-refractivity contribution in [2.45, 2.75) is 19.8 Å². The zero-order valence-corrected chi connectivity index (χ0v) is 13.9. The van der Waals surface area contributed by atoms with Gasteiger partial charge in [-0.05, 0) is 18.6 Å². The molecule has 0 saturated carbocycles. The van der Waals surface area contributed by atoms with Crippen molar-refractivity contribution in [1.82, 2.24) is 9.55 Å². The molecule has 0 radical (unpaired) electrons. The number of H-pyrrole nitrogens is 1. The Labute approximate surface area is 140 Å². The van der Waals surface area contributed by atoms with E-state index in [0.717, 1.165) is 4.57 Å². The van der Waals surface area contributed by atoms with Crippen molar-refractivity contribution < 1.29 is 0 Å². The van der Waals surface area contributed by atoms with Gasteiger partial charge < -0.3 is 0 Å². The topological polar surface area (TPSA) is 54.9 Å². The van der Waals surface area contributed by atoms with Gasteiger partial charge in [0.2, 0.25) is 0 Å². The Kier molecular flexibility index (Phi) is 5.04. The molecule has 0 aliphatic rings. The first-order valence-electron chi connectivity index (χ1n) is 6.05. The molecular weight excluding hydrogens is 358 g/mol. The number of nitrogens with one attached hydrogen (secondary N) is 1. The van der Waals surface area contributed by atoms with Gasteiger partial charge in [0.05, 0.1) is 26.3 Å². The number of hydrogen-bond acceptors (Lipinski definition) is 2. The highest BCUT2D eigenvalue weighted by molar-refractivity contribution is 6.43. The molecule has 0 unspecified atom stereocenters. The van der Waals surface area contributed by atoms with Crippen LogP contribution in [0.1, 0.15) is 18.9 Å². The second-order valence-electron chi connectivity index (χ2n) is 4.33. The molecule has 4 nitrogen and oxygen atoms in total. The first-order chi connectivity index (χ1) is 9.86. The van der Waals surface area contributed by atoms with Gasteiger partial charge in [-0.25, -0.2) is 9.36 Å². The summed E-state index contributed by atoms with van der Waals surface area (Å²) >= 11 is 23.8. The fraction of sp³-hybridized carbons (Fsp3) is 0.231. The summed E-state index contributed by atoms with van der Waals surface area (Å²) in [6.07, 6.45) is 1.14. The number of aromatic amines is 1. The summed E-state index contributed by atoms with van der Waals surface area (Å²) in [6.45, 7) is 1.90. The SMILES string of the molecule is CCCc1c(Cl)[nH]c(=O)n(-c2cc(Cl)c(Cl)cc2Cl)c1=O. The van der Waals surface area contributed by atoms with Crippen LogP contribution in [0.25, 0.3) is 5.69 Å². The minimum absolute atomic E-state index is 0.0410. The maximum Gasteiger partial charge on any atom is 0.334 e. The lowest BCUT2D eigenvalue weighted by Gasteiger charge is -2.11. The van der Waals surface area contributed by atoms with E-state index in [2.05, 4.69) is 4.98 Å². The van der Waals surface area contributed by atoms with E-state index in [9.17, 15) is 9.59 Å². The van der Waals surface area contributed by atoms with Crippen LogP contribution in [0, 0.1) is 0 Å². The maximum atomic E-state index is 12.5. The molecule has 112 valence electrons. The number of benzene rings is 1. The van der Waals surface area contributed by atoms with Gasteiger partial charge in [0.1, 0.15) is 5.15 Å². The van der Waals surface area contributed by atoms with E-state index in [1.165, 1.54) is 12.1 Å². The number of aromatic nitrogens is 2. The lowest BCUT2D eigenvalue weighted by Crippen LogP contribution is -2.36. The molecule has 0 amide bonds. The molecule has 0 fully saturated rings. The summed E-state index contributed by atoms with van der Waals surface area (Å²) < 4.78 is 0.904. The monoisotopic (exact) mass is 366 g/mol. The zero-order valence-electron chi connectivity index (χ0n) is 10.8. The number of hydrogen-bond donors (Lipinski definition) is 1. The normalized spacial score (nSPS) is 10.9. The van der Waals surface area contributed by atoms with Crippen LogP contribution in [0.2, 0.25) is 20.2 Å². The van der Waals surface area contributed by atoms with Crippen LogP contribution in [0.4, 0.5) is 0 Å². The highest BCUT2D eigenvalue weighted by atomic mass is 35.5. The highest BCUT2D eigenvalue weighted by Gasteiger charge is 2.16. The first-order valence-corrected chi connectivity index (χ1v) is 7.56. The molecule has 0 bridgehead atoms. The lowest BCUT2D eigenvalue weighted by atomic mass is 10.2. The second-order valence-corrected chi connectivity index (χ2v) is 5.93. The number of rotatable bonds is 3. The van der Waals surface area contributed by atoms with E-state index in [1.54, 1.807) is 0 Å². The quantitative estimate of drug-likeness (QED) is 0.656. The Hall–Kier alpha value is -0.940. The lowest BCUT2D eigenvalue weighted by molar-refractivity contribution is 0.812. The van der Waals surface area contributed by atoms with Crippen LogP contribution in [0.3, 0.4) is 0 Å². The summed E-state index contributed by atoms with van der Waals surface area (Å²) in [5.41, 5.74) is -0.733. The molecule has 0 spiro atoms. The van der Waals surface area contributed by atoms with Crippen LogP contribution in [0.15, 0.2) is 21.7 Å². The van der Waals surface area contributed by atoms with E-state index in [4.69, 9.17) is 46.4 Å². The molecule has 1 heterocycles. The van der Waals surface area contributed by atoms with E-state index < -0.39 is 11.2 Å². The summed E-state index contributed by atoms with van der Waals surface area (Å²) in [6, 6.07) is 2.74. The van der Waals surface area contributed by atoms with Gasteiger partial charge in [-0.1, -0.05) is 59.7 Å². The highest BCUT2D eigenvalue weighted by Crippen LogP contribution is 2.30. The van der Waals surface area contributed by atoms with Crippen LogP contribution < -0.4 is 11.2 Å². The zero-order chi connectivity index (χ0) is 15.7. The van der Waals surface area contributed by atoms with Crippen molar-refractivity contribution in [2.24, 2.45) is 0 Å². The molecule has 1 aromatic carbocycles. The Morgan fingerprint density at radius 2 is 1.67 bits per heavy atom. The maximum absolute atomic E-state index is 12.5. The largest absolute Gasteiger partial charge is 0.334 e. The molecule has 0 atom stereocenters. The Bertz CT molecular complexity index is 811. The van der Waals surface area contributed by atoms with Gasteiger partial charge in [-0.2, -0.15) is 0 Å². The summed E-state index contributed by atoms with van der Waals surface area (Å²) in [7, 11) is 0. The molecule has 2 aromatic rings. The van der Waals surface area contributed by atoms with Crippen molar-refractivity contribution in [3.8, 4) is 5.69 Å². The Balaban J connectivity index is 2.82. The molecule has 0 aliphatic heterocycles. The predicted molar refractivity (Wildman–Crippen MR) is 86.7 cm³/mol. The Morgan fingerprint density at radius 3 is 2.29 bits per heavy atom. The van der Waals surface area contributed by atoms with Crippen LogP contribution >= 0.6 is 46.4 Å². The van der Waals surface area contributed by atoms with Crippen LogP contribution in [-0.2, 0) is 6.42 Å². The molecule has 8 heteroatoms. The minimum atomic E-state index is -0.690. The fourth-order valence-corrected chi connectivity index (χ4v) is 2.80. The minimum Gasteiger partial charge on any atom is -0.297 e. The molecule has 1 N–H and O–H groups in total. The number of nitrogens with zero attached hydrogens (tertiary/aromatic N) is 1. The molecule has 0 aliphatic carbocycles. The fourth-order valence-electron chi connectivity index (χ4n) is 1.92. The predicted octanol–water partition coefficient (Wildman–Crippen LogP) is 4.09. The smallest absolute Gasteiger partial charge is 0.297 e. The van der Waals surface area contributed by atoms with Gasteiger partial charge in [-0.15, -0.1) is 0 Å². The van der Waals surface area contributed by atoms with Gasteiger partial charge in [0.15, 0.2) is 0 Å². The van der Waals surface area contributed by atoms with Gasteiger partial charge in [0.25, 0.3) is 5.56 Å². The average molecular weight is 368 g/mol. The second kappa shape index (κ2) is 6.44. The van der Waals surface area contributed by atoms with E-state index in [1.807, 2.05) is 6.92 Å². The first kappa shape index (κ1) is 16.4. The van der Waals surface area contributed by atoms with E-state index >= 15 is 0 Å². The Morgan fingerprint density at radius 1 is 1.05 bits per heavy atom. The summed E-state index contributed by atoms with van der Waals surface area (Å²) in [5.74, 6) is 0. The summed E-state index contributed by atoms with van der Waals surface area (Å²) in [5, 5.41) is 0.605. The third kappa shape index (κ3) is 3.14. The van der Waals surface area contributed by atoms with Crippen molar-refractivity contribution in [1.29, 1.82) is 0 Å². The van der Waals surface area contributed by atoms with Gasteiger partial charge >= 0.3 is 5.69 Å². The molecule has 0 saturated heterocycles. The average Bonchev–Trinajstić information content (AvgIpc) is 2.40. The van der Waals surface area contributed by atoms with E-state index in [-0.39, 0.29) is 25.9 Å². The third-order valence-corrected chi connectivity index (χ3v) is 4.22. The molecular formula is C13H10Cl4N2O2. The van der Waals surface area contributed by atoms with Crippen molar-refractivity contribution in [2.75, 3.05) is 0 Å². The van der Waals surface area contributed by atoms with Crippen LogP contribution in [-0.4, -0.2) is 9.55 Å². The standard InChI is InChI=1S/C13H10Cl4N2O2/c1-2-3-6-11(17)18-13(21)19(12(6)20)10-5-8(15)7(14)4-9(10)16/h4-5H,2-3H2,1H3,(H,18,21). The van der Waals surface area contributed by atoms with Crippen molar-refractivity contribution in [3.63, 3.8) is 0 Å². The molecule has 2 rings (SSSR count).